The van der Waals surface area contributed by atoms with Crippen molar-refractivity contribution in [1.29, 1.82) is 0 Å². The minimum atomic E-state index is -0.537. The van der Waals surface area contributed by atoms with Gasteiger partial charge in [-0.05, 0) is 36.8 Å². The average Bonchev–Trinajstić information content (AvgIpc) is 3.46. The zero-order valence-corrected chi connectivity index (χ0v) is 17.2. The van der Waals surface area contributed by atoms with E-state index >= 15 is 0 Å². The number of thioether (sulfide) groups is 1. The largest absolute Gasteiger partial charge is 0.486 e. The van der Waals surface area contributed by atoms with Crippen LogP contribution in [-0.4, -0.2) is 45.4 Å². The van der Waals surface area contributed by atoms with E-state index in [2.05, 4.69) is 21.0 Å². The molecule has 1 aliphatic rings. The van der Waals surface area contributed by atoms with Crippen molar-refractivity contribution in [2.24, 2.45) is 0 Å². The third-order valence-corrected chi connectivity index (χ3v) is 5.61. The van der Waals surface area contributed by atoms with E-state index in [-0.39, 0.29) is 11.5 Å². The van der Waals surface area contributed by atoms with Crippen molar-refractivity contribution < 1.29 is 23.5 Å². The number of carbonyl (C=O) groups is 2. The Morgan fingerprint density at radius 1 is 1.13 bits per heavy atom. The Kier molecular flexibility index (Phi) is 4.86. The summed E-state index contributed by atoms with van der Waals surface area (Å²) in [6, 6.07) is 8.93. The van der Waals surface area contributed by atoms with Crippen LogP contribution >= 0.6 is 11.8 Å². The molecule has 158 valence electrons. The maximum absolute atomic E-state index is 12.2. The van der Waals surface area contributed by atoms with Crippen LogP contribution in [0.1, 0.15) is 16.1 Å². The molecule has 31 heavy (non-hydrogen) atoms. The highest BCUT2D eigenvalue weighted by Gasteiger charge is 2.18. The molecule has 10 nitrogen and oxygen atoms in total. The number of pyridine rings is 1. The van der Waals surface area contributed by atoms with Crippen molar-refractivity contribution in [3.8, 4) is 11.5 Å². The fourth-order valence-electron chi connectivity index (χ4n) is 3.30. The van der Waals surface area contributed by atoms with Crippen LogP contribution in [-0.2, 0) is 4.79 Å². The van der Waals surface area contributed by atoms with Gasteiger partial charge in [-0.3, -0.25) is 24.8 Å². The number of hydrazine groups is 1. The molecule has 2 N–H and O–H groups in total. The summed E-state index contributed by atoms with van der Waals surface area (Å²) < 4.78 is 18.3. The molecule has 0 radical (unpaired) electrons. The second-order valence-electron chi connectivity index (χ2n) is 6.79. The van der Waals surface area contributed by atoms with E-state index < -0.39 is 11.8 Å². The first-order valence-corrected chi connectivity index (χ1v) is 10.4. The predicted molar refractivity (Wildman–Crippen MR) is 111 cm³/mol. The molecular formula is C20H17N5O5S. The lowest BCUT2D eigenvalue weighted by molar-refractivity contribution is -0.119. The van der Waals surface area contributed by atoms with Crippen molar-refractivity contribution in [3.05, 3.63) is 47.9 Å². The molecule has 4 aromatic rings. The summed E-state index contributed by atoms with van der Waals surface area (Å²) in [5.74, 6) is 0.558. The minimum Gasteiger partial charge on any atom is -0.486 e. The second-order valence-corrected chi connectivity index (χ2v) is 7.73. The maximum atomic E-state index is 12.2. The number of aryl methyl sites for hydroxylation is 1. The molecule has 2 amide bonds. The van der Waals surface area contributed by atoms with Crippen LogP contribution in [0.3, 0.4) is 0 Å². The van der Waals surface area contributed by atoms with Gasteiger partial charge in [0.1, 0.15) is 13.2 Å². The number of ether oxygens (including phenoxy) is 2. The SMILES string of the molecule is Cc1cc2cc3c(cc2n2c(SCC(=O)NNC(=O)c4ccco4)nnc12)OCCO3. The van der Waals surface area contributed by atoms with E-state index in [4.69, 9.17) is 13.9 Å². The lowest BCUT2D eigenvalue weighted by Crippen LogP contribution is -2.42. The summed E-state index contributed by atoms with van der Waals surface area (Å²) in [4.78, 5) is 24.0. The lowest BCUT2D eigenvalue weighted by Gasteiger charge is -2.19. The number of benzene rings is 1. The molecule has 0 bridgehead atoms. The molecule has 3 aromatic heterocycles. The van der Waals surface area contributed by atoms with Crippen molar-refractivity contribution in [2.75, 3.05) is 19.0 Å². The standard InChI is InChI=1S/C20H17N5O5S/c1-11-7-12-8-15-16(30-6-5-29-15)9-13(12)25-18(11)22-24-20(25)31-10-17(26)21-23-19(27)14-3-2-4-28-14/h2-4,7-9H,5-6,10H2,1H3,(H,21,26)(H,23,27). The zero-order valence-electron chi connectivity index (χ0n) is 16.4. The van der Waals surface area contributed by atoms with Gasteiger partial charge < -0.3 is 13.9 Å². The second kappa shape index (κ2) is 7.84. The highest BCUT2D eigenvalue weighted by atomic mass is 32.2. The summed E-state index contributed by atoms with van der Waals surface area (Å²) in [6.45, 7) is 2.95. The molecule has 0 aliphatic carbocycles. The van der Waals surface area contributed by atoms with Crippen molar-refractivity contribution in [3.63, 3.8) is 0 Å². The molecule has 0 fully saturated rings. The smallest absolute Gasteiger partial charge is 0.305 e. The average molecular weight is 439 g/mol. The van der Waals surface area contributed by atoms with Gasteiger partial charge >= 0.3 is 5.91 Å². The highest BCUT2D eigenvalue weighted by Crippen LogP contribution is 2.36. The summed E-state index contributed by atoms with van der Waals surface area (Å²) in [5, 5.41) is 10.0. The fourth-order valence-corrected chi connectivity index (χ4v) is 4.04. The first kappa shape index (κ1) is 19.2. The molecule has 5 rings (SSSR count). The van der Waals surface area contributed by atoms with Gasteiger partial charge in [0.2, 0.25) is 5.91 Å². The van der Waals surface area contributed by atoms with E-state index in [1.807, 2.05) is 29.5 Å². The van der Waals surface area contributed by atoms with Crippen LogP contribution in [0.15, 0.2) is 46.2 Å². The van der Waals surface area contributed by atoms with Gasteiger partial charge in [-0.25, -0.2) is 0 Å². The number of aromatic nitrogens is 3. The van der Waals surface area contributed by atoms with Crippen LogP contribution < -0.4 is 20.3 Å². The fraction of sp³-hybridized carbons (Fsp3) is 0.200. The van der Waals surface area contributed by atoms with Gasteiger partial charge in [0.05, 0.1) is 17.5 Å². The Bertz CT molecular complexity index is 1300. The number of rotatable bonds is 4. The van der Waals surface area contributed by atoms with E-state index in [1.165, 1.54) is 24.1 Å². The summed E-state index contributed by atoms with van der Waals surface area (Å²) in [6.07, 6.45) is 1.38. The number of nitrogens with one attached hydrogen (secondary N) is 2. The number of hydrogen-bond acceptors (Lipinski definition) is 8. The van der Waals surface area contributed by atoms with Gasteiger partial charge in [-0.1, -0.05) is 11.8 Å². The highest BCUT2D eigenvalue weighted by molar-refractivity contribution is 7.99. The van der Waals surface area contributed by atoms with E-state index in [0.717, 1.165) is 16.5 Å². The predicted octanol–water partition coefficient (Wildman–Crippen LogP) is 2.11. The molecule has 0 unspecified atom stereocenters. The molecule has 11 heteroatoms. The van der Waals surface area contributed by atoms with E-state index in [9.17, 15) is 9.59 Å². The van der Waals surface area contributed by atoms with Crippen LogP contribution in [0.2, 0.25) is 0 Å². The molecule has 1 aliphatic heterocycles. The number of carbonyl (C=O) groups excluding carboxylic acids is 2. The molecule has 0 saturated carbocycles. The van der Waals surface area contributed by atoms with Gasteiger partial charge in [0.25, 0.3) is 0 Å². The quantitative estimate of drug-likeness (QED) is 0.366. The Morgan fingerprint density at radius 2 is 1.94 bits per heavy atom. The van der Waals surface area contributed by atoms with Crippen LogP contribution in [0.4, 0.5) is 0 Å². The molecular weight excluding hydrogens is 422 g/mol. The first-order valence-electron chi connectivity index (χ1n) is 9.44. The monoisotopic (exact) mass is 439 g/mol. The summed E-state index contributed by atoms with van der Waals surface area (Å²) in [5.41, 5.74) is 7.15. The summed E-state index contributed by atoms with van der Waals surface area (Å²) in [7, 11) is 0. The number of amides is 2. The maximum Gasteiger partial charge on any atom is 0.305 e. The molecule has 4 heterocycles. The molecule has 0 atom stereocenters. The Balaban J connectivity index is 1.37. The van der Waals surface area contributed by atoms with Gasteiger partial charge in [0.15, 0.2) is 28.1 Å². The Hall–Kier alpha value is -3.73. The number of furan rings is 1. The van der Waals surface area contributed by atoms with Crippen molar-refractivity contribution in [2.45, 2.75) is 12.1 Å². The van der Waals surface area contributed by atoms with E-state index in [1.54, 1.807) is 6.07 Å². The number of fused-ring (bicyclic) bond motifs is 4. The van der Waals surface area contributed by atoms with Gasteiger partial charge in [-0.15, -0.1) is 10.2 Å². The molecule has 0 saturated heterocycles. The number of hydrogen-bond donors (Lipinski definition) is 2. The topological polar surface area (TPSA) is 120 Å². The number of nitrogens with zero attached hydrogens (tertiary/aromatic N) is 3. The molecule has 0 spiro atoms. The lowest BCUT2D eigenvalue weighted by atomic mass is 10.1. The first-order chi connectivity index (χ1) is 15.1. The normalized spacial score (nSPS) is 12.8. The van der Waals surface area contributed by atoms with Gasteiger partial charge in [0, 0.05) is 11.5 Å². The zero-order chi connectivity index (χ0) is 21.4. The van der Waals surface area contributed by atoms with Crippen molar-refractivity contribution >= 4 is 40.1 Å². The Morgan fingerprint density at radius 3 is 2.71 bits per heavy atom. The van der Waals surface area contributed by atoms with Crippen LogP contribution in [0, 0.1) is 6.92 Å². The van der Waals surface area contributed by atoms with E-state index in [0.29, 0.717) is 35.5 Å². The van der Waals surface area contributed by atoms with Crippen LogP contribution in [0.5, 0.6) is 11.5 Å². The third-order valence-electron chi connectivity index (χ3n) is 4.68. The van der Waals surface area contributed by atoms with Crippen LogP contribution in [0.25, 0.3) is 16.6 Å². The van der Waals surface area contributed by atoms with Gasteiger partial charge in [-0.2, -0.15) is 0 Å². The molecule has 1 aromatic carbocycles. The van der Waals surface area contributed by atoms with Crippen molar-refractivity contribution in [1.82, 2.24) is 25.4 Å². The third kappa shape index (κ3) is 3.63. The minimum absolute atomic E-state index is 0.0270. The Labute approximate surface area is 179 Å². The summed E-state index contributed by atoms with van der Waals surface area (Å²) >= 11 is 1.21.